The van der Waals surface area contributed by atoms with Gasteiger partial charge >= 0.3 is 0 Å². The highest BCUT2D eigenvalue weighted by atomic mass is 35.5. The number of nitrogens with one attached hydrogen (secondary N) is 1. The molecule has 1 aromatic rings. The molecule has 17 heavy (non-hydrogen) atoms. The van der Waals surface area contributed by atoms with Crippen LogP contribution < -0.4 is 5.32 Å². The maximum Gasteiger partial charge on any atom is 0.0872 e. The molecule has 1 aliphatic carbocycles. The molecule has 1 aliphatic rings. The Kier molecular flexibility index (Phi) is 4.08. The van der Waals surface area contributed by atoms with E-state index in [-0.39, 0.29) is 11.6 Å². The first-order valence-corrected chi connectivity index (χ1v) is 6.57. The largest absolute Gasteiger partial charge is 0.376 e. The van der Waals surface area contributed by atoms with Gasteiger partial charge in [-0.25, -0.2) is 0 Å². The van der Waals surface area contributed by atoms with Gasteiger partial charge in [0, 0.05) is 12.1 Å². The van der Waals surface area contributed by atoms with E-state index in [4.69, 9.17) is 16.3 Å². The molecular formula is C14H20ClNO. The van der Waals surface area contributed by atoms with Crippen molar-refractivity contribution in [3.8, 4) is 0 Å². The highest BCUT2D eigenvalue weighted by Crippen LogP contribution is 2.42. The van der Waals surface area contributed by atoms with E-state index in [0.29, 0.717) is 0 Å². The summed E-state index contributed by atoms with van der Waals surface area (Å²) >= 11 is 6.07. The minimum atomic E-state index is -0.0700. The normalized spacial score (nSPS) is 20.4. The molecule has 2 rings (SSSR count). The Bertz CT molecular complexity index is 374. The van der Waals surface area contributed by atoms with Crippen molar-refractivity contribution in [2.75, 3.05) is 14.2 Å². The van der Waals surface area contributed by atoms with Crippen LogP contribution in [-0.4, -0.2) is 19.8 Å². The van der Waals surface area contributed by atoms with Crippen LogP contribution in [-0.2, 0) is 4.74 Å². The van der Waals surface area contributed by atoms with Crippen LogP contribution in [0.25, 0.3) is 0 Å². The van der Waals surface area contributed by atoms with Gasteiger partial charge in [-0.3, -0.25) is 0 Å². The summed E-state index contributed by atoms with van der Waals surface area (Å²) in [6.45, 7) is 0. The van der Waals surface area contributed by atoms with E-state index in [1.807, 2.05) is 32.4 Å². The summed E-state index contributed by atoms with van der Waals surface area (Å²) in [4.78, 5) is 0. The van der Waals surface area contributed by atoms with E-state index < -0.39 is 0 Å². The van der Waals surface area contributed by atoms with Crippen LogP contribution in [0.5, 0.6) is 0 Å². The number of halogens is 1. The molecular weight excluding hydrogens is 234 g/mol. The lowest BCUT2D eigenvalue weighted by atomic mass is 9.87. The highest BCUT2D eigenvalue weighted by molar-refractivity contribution is 6.30. The van der Waals surface area contributed by atoms with Crippen molar-refractivity contribution in [3.63, 3.8) is 0 Å². The second-order valence-corrected chi connectivity index (χ2v) is 5.19. The molecule has 94 valence electrons. The van der Waals surface area contributed by atoms with E-state index in [0.717, 1.165) is 17.9 Å². The molecule has 2 nitrogen and oxygen atoms in total. The third-order valence-electron chi connectivity index (χ3n) is 3.85. The first kappa shape index (κ1) is 12.9. The van der Waals surface area contributed by atoms with E-state index in [9.17, 15) is 0 Å². The summed E-state index contributed by atoms with van der Waals surface area (Å²) in [5, 5.41) is 4.18. The smallest absolute Gasteiger partial charge is 0.0872 e. The molecule has 1 saturated carbocycles. The number of ether oxygens (including phenoxy) is 1. The van der Waals surface area contributed by atoms with E-state index >= 15 is 0 Å². The van der Waals surface area contributed by atoms with Gasteiger partial charge in [-0.05, 0) is 37.6 Å². The zero-order valence-corrected chi connectivity index (χ0v) is 11.3. The third-order valence-corrected chi connectivity index (χ3v) is 4.09. The molecule has 1 atom stereocenters. The average molecular weight is 254 g/mol. The summed E-state index contributed by atoms with van der Waals surface area (Å²) < 4.78 is 5.84. The first-order chi connectivity index (χ1) is 8.22. The lowest BCUT2D eigenvalue weighted by Gasteiger charge is -2.36. The number of likely N-dealkylation sites (N-methyl/N-ethyl adjacent to an activating group) is 1. The standard InChI is InChI=1S/C14H20ClNO/c1-16-13(11-6-5-7-12(15)10-11)14(17-2)8-3-4-9-14/h5-7,10,13,16H,3-4,8-9H2,1-2H3. The van der Waals surface area contributed by atoms with E-state index in [1.54, 1.807) is 0 Å². The van der Waals surface area contributed by atoms with Gasteiger partial charge in [-0.2, -0.15) is 0 Å². The lowest BCUT2D eigenvalue weighted by Crippen LogP contribution is -2.42. The van der Waals surface area contributed by atoms with Crippen LogP contribution in [0, 0.1) is 0 Å². The number of methoxy groups -OCH3 is 1. The Morgan fingerprint density at radius 2 is 2.06 bits per heavy atom. The molecule has 0 aromatic heterocycles. The molecule has 0 bridgehead atoms. The maximum atomic E-state index is 6.07. The fraction of sp³-hybridized carbons (Fsp3) is 0.571. The Morgan fingerprint density at radius 3 is 2.59 bits per heavy atom. The summed E-state index contributed by atoms with van der Waals surface area (Å²) in [5.74, 6) is 0. The Balaban J connectivity index is 2.32. The van der Waals surface area contributed by atoms with Crippen LogP contribution in [0.15, 0.2) is 24.3 Å². The SMILES string of the molecule is CNC(c1cccc(Cl)c1)C1(OC)CCCC1. The number of benzene rings is 1. The van der Waals surface area contributed by atoms with Crippen LogP contribution in [0.3, 0.4) is 0 Å². The fourth-order valence-corrected chi connectivity index (χ4v) is 3.20. The molecule has 0 aliphatic heterocycles. The Hall–Kier alpha value is -0.570. The quantitative estimate of drug-likeness (QED) is 0.886. The van der Waals surface area contributed by atoms with Crippen LogP contribution in [0.1, 0.15) is 37.3 Å². The summed E-state index contributed by atoms with van der Waals surface area (Å²) in [7, 11) is 3.81. The van der Waals surface area contributed by atoms with Gasteiger partial charge in [0.1, 0.15) is 0 Å². The lowest BCUT2D eigenvalue weighted by molar-refractivity contribution is -0.0348. The minimum absolute atomic E-state index is 0.0700. The molecule has 1 fully saturated rings. The van der Waals surface area contributed by atoms with Crippen molar-refractivity contribution in [2.45, 2.75) is 37.3 Å². The van der Waals surface area contributed by atoms with Crippen LogP contribution in [0.2, 0.25) is 5.02 Å². The van der Waals surface area contributed by atoms with E-state index in [2.05, 4.69) is 11.4 Å². The summed E-state index contributed by atoms with van der Waals surface area (Å²) in [5.41, 5.74) is 1.14. The molecule has 0 spiro atoms. The van der Waals surface area contributed by atoms with Crippen molar-refractivity contribution in [1.82, 2.24) is 5.32 Å². The van der Waals surface area contributed by atoms with Gasteiger partial charge in [-0.1, -0.05) is 36.6 Å². The van der Waals surface area contributed by atoms with Crippen LogP contribution >= 0.6 is 11.6 Å². The second kappa shape index (κ2) is 5.38. The van der Waals surface area contributed by atoms with Crippen molar-refractivity contribution >= 4 is 11.6 Å². The predicted octanol–water partition coefficient (Wildman–Crippen LogP) is 3.56. The highest BCUT2D eigenvalue weighted by Gasteiger charge is 2.41. The van der Waals surface area contributed by atoms with Gasteiger partial charge in [0.15, 0.2) is 0 Å². The number of rotatable bonds is 4. The van der Waals surface area contributed by atoms with Gasteiger partial charge in [-0.15, -0.1) is 0 Å². The van der Waals surface area contributed by atoms with Gasteiger partial charge in [0.25, 0.3) is 0 Å². The molecule has 1 aromatic carbocycles. The summed E-state index contributed by atoms with van der Waals surface area (Å²) in [6, 6.07) is 8.27. The van der Waals surface area contributed by atoms with Crippen molar-refractivity contribution in [1.29, 1.82) is 0 Å². The molecule has 0 saturated heterocycles. The van der Waals surface area contributed by atoms with Crippen molar-refractivity contribution < 1.29 is 4.74 Å². The zero-order chi connectivity index (χ0) is 12.3. The molecule has 0 amide bonds. The second-order valence-electron chi connectivity index (χ2n) is 4.75. The topological polar surface area (TPSA) is 21.3 Å². The third kappa shape index (κ3) is 2.49. The van der Waals surface area contributed by atoms with Crippen molar-refractivity contribution in [3.05, 3.63) is 34.9 Å². The average Bonchev–Trinajstić information content (AvgIpc) is 2.80. The minimum Gasteiger partial charge on any atom is -0.376 e. The molecule has 1 N–H and O–H groups in total. The first-order valence-electron chi connectivity index (χ1n) is 6.20. The Morgan fingerprint density at radius 1 is 1.35 bits per heavy atom. The van der Waals surface area contributed by atoms with Crippen LogP contribution in [0.4, 0.5) is 0 Å². The fourth-order valence-electron chi connectivity index (χ4n) is 3.00. The van der Waals surface area contributed by atoms with Gasteiger partial charge in [0.2, 0.25) is 0 Å². The van der Waals surface area contributed by atoms with Gasteiger partial charge < -0.3 is 10.1 Å². The predicted molar refractivity (Wildman–Crippen MR) is 71.5 cm³/mol. The molecule has 0 radical (unpaired) electrons. The molecule has 0 heterocycles. The van der Waals surface area contributed by atoms with Gasteiger partial charge in [0.05, 0.1) is 11.6 Å². The Labute approximate surface area is 108 Å². The zero-order valence-electron chi connectivity index (χ0n) is 10.5. The monoisotopic (exact) mass is 253 g/mol. The number of hydrogen-bond acceptors (Lipinski definition) is 2. The summed E-state index contributed by atoms with van der Waals surface area (Å²) in [6.07, 6.45) is 4.71. The van der Waals surface area contributed by atoms with E-state index in [1.165, 1.54) is 18.4 Å². The molecule has 3 heteroatoms. The molecule has 1 unspecified atom stereocenters. The maximum absolute atomic E-state index is 6.07. The number of hydrogen-bond donors (Lipinski definition) is 1. The van der Waals surface area contributed by atoms with Crippen molar-refractivity contribution in [2.24, 2.45) is 0 Å².